The van der Waals surface area contributed by atoms with E-state index in [0.29, 0.717) is 12.2 Å². The molecule has 0 amide bonds. The number of hydrogen-bond acceptors (Lipinski definition) is 1. The molecule has 0 aromatic rings. The van der Waals surface area contributed by atoms with Crippen molar-refractivity contribution in [3.63, 3.8) is 0 Å². The number of ketones is 1. The van der Waals surface area contributed by atoms with Gasteiger partial charge < -0.3 is 0 Å². The van der Waals surface area contributed by atoms with E-state index in [1.54, 1.807) is 0 Å². The Morgan fingerprint density at radius 1 is 1.20 bits per heavy atom. The van der Waals surface area contributed by atoms with E-state index in [4.69, 9.17) is 0 Å². The van der Waals surface area contributed by atoms with Crippen LogP contribution in [0.3, 0.4) is 0 Å². The van der Waals surface area contributed by atoms with Gasteiger partial charge in [-0.1, -0.05) is 26.8 Å². The Labute approximate surface area is 63.1 Å². The Kier molecular flexibility index (Phi) is 4.91. The van der Waals surface area contributed by atoms with Gasteiger partial charge in [-0.2, -0.15) is 0 Å². The van der Waals surface area contributed by atoms with Gasteiger partial charge in [0.05, 0.1) is 0 Å². The quantitative estimate of drug-likeness (QED) is 0.549. The summed E-state index contributed by atoms with van der Waals surface area (Å²) in [5.74, 6) is 0.296. The van der Waals surface area contributed by atoms with Gasteiger partial charge in [-0.15, -0.1) is 0 Å². The van der Waals surface area contributed by atoms with Gasteiger partial charge in [0.1, 0.15) is 0 Å². The second-order valence-electron chi connectivity index (χ2n) is 2.27. The number of hydrogen-bond donors (Lipinski definition) is 0. The molecule has 0 bridgehead atoms. The van der Waals surface area contributed by atoms with E-state index in [1.807, 2.05) is 19.9 Å². The molecule has 0 aliphatic heterocycles. The summed E-state index contributed by atoms with van der Waals surface area (Å²) >= 11 is 0. The zero-order chi connectivity index (χ0) is 7.98. The molecule has 0 N–H and O–H groups in total. The molecule has 0 aliphatic rings. The molecular formula is C9H16O. The largest absolute Gasteiger partial charge is 0.295 e. The van der Waals surface area contributed by atoms with Gasteiger partial charge in [-0.05, 0) is 18.4 Å². The summed E-state index contributed by atoms with van der Waals surface area (Å²) in [6.45, 7) is 5.98. The molecule has 0 saturated heterocycles. The first-order valence-electron chi connectivity index (χ1n) is 3.98. The van der Waals surface area contributed by atoms with Gasteiger partial charge in [0.15, 0.2) is 5.78 Å². The molecular weight excluding hydrogens is 124 g/mol. The summed E-state index contributed by atoms with van der Waals surface area (Å²) in [5, 5.41) is 0. The van der Waals surface area contributed by atoms with E-state index in [0.717, 1.165) is 18.4 Å². The van der Waals surface area contributed by atoms with Crippen LogP contribution in [0.2, 0.25) is 0 Å². The van der Waals surface area contributed by atoms with Gasteiger partial charge >= 0.3 is 0 Å². The molecule has 1 nitrogen and oxygen atoms in total. The summed E-state index contributed by atoms with van der Waals surface area (Å²) in [4.78, 5) is 11.1. The first-order valence-corrected chi connectivity index (χ1v) is 3.98. The van der Waals surface area contributed by atoms with Crippen LogP contribution in [0.25, 0.3) is 0 Å². The number of carbonyl (C=O) groups is 1. The highest BCUT2D eigenvalue weighted by molar-refractivity contribution is 5.94. The van der Waals surface area contributed by atoms with E-state index in [-0.39, 0.29) is 0 Å². The highest BCUT2D eigenvalue weighted by Gasteiger charge is 2.01. The number of Topliss-reactive ketones (excluding diaryl/α,β-unsaturated/α-hetero) is 1. The first-order chi connectivity index (χ1) is 4.76. The number of allylic oxidation sites excluding steroid dienone is 2. The first kappa shape index (κ1) is 9.41. The van der Waals surface area contributed by atoms with Crippen molar-refractivity contribution in [1.82, 2.24) is 0 Å². The minimum absolute atomic E-state index is 0.296. The molecule has 0 aromatic carbocycles. The van der Waals surface area contributed by atoms with Crippen molar-refractivity contribution in [1.29, 1.82) is 0 Å². The fourth-order valence-corrected chi connectivity index (χ4v) is 0.929. The summed E-state index contributed by atoms with van der Waals surface area (Å²) in [6, 6.07) is 0. The van der Waals surface area contributed by atoms with Crippen LogP contribution in [-0.4, -0.2) is 5.78 Å². The van der Waals surface area contributed by atoms with Crippen LogP contribution >= 0.6 is 0 Å². The predicted octanol–water partition coefficient (Wildman–Crippen LogP) is 2.71. The Balaban J connectivity index is 4.06. The van der Waals surface area contributed by atoms with Crippen LogP contribution in [-0.2, 0) is 4.79 Å². The lowest BCUT2D eigenvalue weighted by molar-refractivity contribution is -0.115. The maximum atomic E-state index is 11.1. The van der Waals surface area contributed by atoms with Crippen LogP contribution in [0.4, 0.5) is 0 Å². The third-order valence-corrected chi connectivity index (χ3v) is 1.51. The topological polar surface area (TPSA) is 17.1 Å². The SMILES string of the molecule is CC/C=C(\CC)C(=O)CC. The smallest absolute Gasteiger partial charge is 0.158 e. The average Bonchev–Trinajstić information content (AvgIpc) is 1.99. The molecule has 0 heterocycles. The predicted molar refractivity (Wildman–Crippen MR) is 44.0 cm³/mol. The van der Waals surface area contributed by atoms with Gasteiger partial charge in [-0.25, -0.2) is 0 Å². The van der Waals surface area contributed by atoms with E-state index in [2.05, 4.69) is 6.92 Å². The number of rotatable bonds is 4. The third kappa shape index (κ3) is 2.81. The Bertz CT molecular complexity index is 134. The van der Waals surface area contributed by atoms with Gasteiger partial charge in [-0.3, -0.25) is 4.79 Å². The van der Waals surface area contributed by atoms with Gasteiger partial charge in [0.25, 0.3) is 0 Å². The van der Waals surface area contributed by atoms with E-state index < -0.39 is 0 Å². The fraction of sp³-hybridized carbons (Fsp3) is 0.667. The highest BCUT2D eigenvalue weighted by atomic mass is 16.1. The van der Waals surface area contributed by atoms with Crippen molar-refractivity contribution < 1.29 is 4.79 Å². The molecule has 0 fully saturated rings. The van der Waals surface area contributed by atoms with Crippen molar-refractivity contribution in [2.45, 2.75) is 40.0 Å². The minimum Gasteiger partial charge on any atom is -0.295 e. The second-order valence-corrected chi connectivity index (χ2v) is 2.27. The maximum absolute atomic E-state index is 11.1. The monoisotopic (exact) mass is 140 g/mol. The van der Waals surface area contributed by atoms with Gasteiger partial charge in [0.2, 0.25) is 0 Å². The van der Waals surface area contributed by atoms with E-state index in [9.17, 15) is 4.79 Å². The molecule has 0 aliphatic carbocycles. The van der Waals surface area contributed by atoms with Crippen molar-refractivity contribution in [2.75, 3.05) is 0 Å². The molecule has 0 saturated carbocycles. The molecule has 0 rings (SSSR count). The zero-order valence-electron chi connectivity index (χ0n) is 7.11. The van der Waals surface area contributed by atoms with Crippen molar-refractivity contribution in [2.24, 2.45) is 0 Å². The number of carbonyl (C=O) groups excluding carboxylic acids is 1. The molecule has 10 heavy (non-hydrogen) atoms. The normalized spacial score (nSPS) is 11.7. The molecule has 0 unspecified atom stereocenters. The summed E-state index contributed by atoms with van der Waals surface area (Å²) in [6.07, 6.45) is 4.50. The van der Waals surface area contributed by atoms with E-state index >= 15 is 0 Å². The van der Waals surface area contributed by atoms with Gasteiger partial charge in [0, 0.05) is 6.42 Å². The Hall–Kier alpha value is -0.590. The third-order valence-electron chi connectivity index (χ3n) is 1.51. The van der Waals surface area contributed by atoms with Crippen LogP contribution in [0.15, 0.2) is 11.6 Å². The van der Waals surface area contributed by atoms with Crippen molar-refractivity contribution >= 4 is 5.78 Å². The molecule has 0 aromatic heterocycles. The van der Waals surface area contributed by atoms with Crippen molar-refractivity contribution in [3.8, 4) is 0 Å². The lowest BCUT2D eigenvalue weighted by Gasteiger charge is -1.98. The molecule has 1 heteroatoms. The van der Waals surface area contributed by atoms with Crippen LogP contribution in [0, 0.1) is 0 Å². The highest BCUT2D eigenvalue weighted by Crippen LogP contribution is 2.05. The lowest BCUT2D eigenvalue weighted by atomic mass is 10.1. The summed E-state index contributed by atoms with van der Waals surface area (Å²) in [7, 11) is 0. The summed E-state index contributed by atoms with van der Waals surface area (Å²) in [5.41, 5.74) is 0.991. The Morgan fingerprint density at radius 3 is 2.10 bits per heavy atom. The van der Waals surface area contributed by atoms with Crippen LogP contribution in [0.5, 0.6) is 0 Å². The van der Waals surface area contributed by atoms with Crippen LogP contribution in [0.1, 0.15) is 40.0 Å². The minimum atomic E-state index is 0.296. The summed E-state index contributed by atoms with van der Waals surface area (Å²) < 4.78 is 0. The molecule has 0 radical (unpaired) electrons. The molecule has 0 atom stereocenters. The zero-order valence-corrected chi connectivity index (χ0v) is 7.11. The maximum Gasteiger partial charge on any atom is 0.158 e. The molecule has 58 valence electrons. The average molecular weight is 140 g/mol. The molecule has 0 spiro atoms. The Morgan fingerprint density at radius 2 is 1.80 bits per heavy atom. The second kappa shape index (κ2) is 5.21. The van der Waals surface area contributed by atoms with Crippen LogP contribution < -0.4 is 0 Å². The lowest BCUT2D eigenvalue weighted by Crippen LogP contribution is -1.98. The fourth-order valence-electron chi connectivity index (χ4n) is 0.929. The van der Waals surface area contributed by atoms with Crippen molar-refractivity contribution in [3.05, 3.63) is 11.6 Å². The van der Waals surface area contributed by atoms with E-state index in [1.165, 1.54) is 0 Å². The standard InChI is InChI=1S/C9H16O/c1-4-7-8(5-2)9(10)6-3/h7H,4-6H2,1-3H3/b8-7+.